The standard InChI is InChI=1S/C12H14F2O/c1-8(2)6-7-11(15)9-4-3-5-10(13)12(9)14/h3-5,11,15H,1,6-7H2,2H3. The predicted octanol–water partition coefficient (Wildman–Crippen LogP) is 3.35. The SMILES string of the molecule is C=C(C)CCC(O)c1cccc(F)c1F. The summed E-state index contributed by atoms with van der Waals surface area (Å²) in [5.74, 6) is -1.89. The number of halogens is 2. The van der Waals surface area contributed by atoms with E-state index in [-0.39, 0.29) is 5.56 Å². The van der Waals surface area contributed by atoms with Crippen molar-refractivity contribution < 1.29 is 13.9 Å². The van der Waals surface area contributed by atoms with Gasteiger partial charge >= 0.3 is 0 Å². The van der Waals surface area contributed by atoms with Crippen LogP contribution < -0.4 is 0 Å². The Hall–Kier alpha value is -1.22. The summed E-state index contributed by atoms with van der Waals surface area (Å²) in [5.41, 5.74) is 0.919. The van der Waals surface area contributed by atoms with E-state index in [0.717, 1.165) is 11.6 Å². The molecule has 1 atom stereocenters. The lowest BCUT2D eigenvalue weighted by molar-refractivity contribution is 0.162. The van der Waals surface area contributed by atoms with Gasteiger partial charge in [0.15, 0.2) is 11.6 Å². The minimum Gasteiger partial charge on any atom is -0.388 e. The first-order valence-electron chi connectivity index (χ1n) is 4.78. The molecule has 0 aliphatic carbocycles. The van der Waals surface area contributed by atoms with Gasteiger partial charge in [-0.1, -0.05) is 17.7 Å². The van der Waals surface area contributed by atoms with Crippen molar-refractivity contribution in [2.45, 2.75) is 25.9 Å². The van der Waals surface area contributed by atoms with E-state index >= 15 is 0 Å². The molecule has 15 heavy (non-hydrogen) atoms. The van der Waals surface area contributed by atoms with E-state index in [1.807, 2.05) is 6.92 Å². The molecule has 0 saturated carbocycles. The monoisotopic (exact) mass is 212 g/mol. The van der Waals surface area contributed by atoms with Gasteiger partial charge in [-0.05, 0) is 25.8 Å². The third-order valence-corrected chi connectivity index (χ3v) is 2.19. The Morgan fingerprint density at radius 1 is 1.47 bits per heavy atom. The summed E-state index contributed by atoms with van der Waals surface area (Å²) in [6, 6.07) is 3.81. The van der Waals surface area contributed by atoms with Gasteiger partial charge in [-0.15, -0.1) is 6.58 Å². The number of aliphatic hydroxyl groups excluding tert-OH is 1. The second kappa shape index (κ2) is 5.03. The van der Waals surface area contributed by atoms with Crippen molar-refractivity contribution in [3.63, 3.8) is 0 Å². The number of hydrogen-bond donors (Lipinski definition) is 1. The van der Waals surface area contributed by atoms with E-state index in [2.05, 4.69) is 6.58 Å². The van der Waals surface area contributed by atoms with Crippen LogP contribution in [0.3, 0.4) is 0 Å². The van der Waals surface area contributed by atoms with Gasteiger partial charge in [-0.2, -0.15) is 0 Å². The van der Waals surface area contributed by atoms with Crippen molar-refractivity contribution in [1.29, 1.82) is 0 Å². The van der Waals surface area contributed by atoms with Gasteiger partial charge in [-0.25, -0.2) is 8.78 Å². The molecule has 0 aromatic heterocycles. The molecular formula is C12H14F2O. The Morgan fingerprint density at radius 3 is 2.73 bits per heavy atom. The van der Waals surface area contributed by atoms with E-state index in [1.165, 1.54) is 12.1 Å². The van der Waals surface area contributed by atoms with Crippen LogP contribution in [0.1, 0.15) is 31.4 Å². The van der Waals surface area contributed by atoms with Crippen LogP contribution in [0.15, 0.2) is 30.4 Å². The van der Waals surface area contributed by atoms with Gasteiger partial charge in [0, 0.05) is 5.56 Å². The van der Waals surface area contributed by atoms with Crippen LogP contribution in [0.4, 0.5) is 8.78 Å². The lowest BCUT2D eigenvalue weighted by Crippen LogP contribution is -2.02. The number of allylic oxidation sites excluding steroid dienone is 1. The Morgan fingerprint density at radius 2 is 2.13 bits per heavy atom. The smallest absolute Gasteiger partial charge is 0.164 e. The third-order valence-electron chi connectivity index (χ3n) is 2.19. The molecular weight excluding hydrogens is 198 g/mol. The molecule has 0 fully saturated rings. The summed E-state index contributed by atoms with van der Waals surface area (Å²) in [5, 5.41) is 9.63. The highest BCUT2D eigenvalue weighted by atomic mass is 19.2. The summed E-state index contributed by atoms with van der Waals surface area (Å²) in [7, 11) is 0. The van der Waals surface area contributed by atoms with Crippen molar-refractivity contribution in [2.24, 2.45) is 0 Å². The molecule has 0 aliphatic rings. The lowest BCUT2D eigenvalue weighted by atomic mass is 10.0. The summed E-state index contributed by atoms with van der Waals surface area (Å²) in [6.07, 6.45) is -0.0234. The van der Waals surface area contributed by atoms with Crippen molar-refractivity contribution in [3.8, 4) is 0 Å². The molecule has 1 aromatic carbocycles. The maximum atomic E-state index is 13.2. The highest BCUT2D eigenvalue weighted by molar-refractivity contribution is 5.21. The molecule has 1 aromatic rings. The fraction of sp³-hybridized carbons (Fsp3) is 0.333. The van der Waals surface area contributed by atoms with E-state index in [0.29, 0.717) is 12.8 Å². The fourth-order valence-corrected chi connectivity index (χ4v) is 1.32. The Balaban J connectivity index is 2.77. The molecule has 0 spiro atoms. The second-order valence-electron chi connectivity index (χ2n) is 3.65. The van der Waals surface area contributed by atoms with Gasteiger partial charge < -0.3 is 5.11 Å². The fourth-order valence-electron chi connectivity index (χ4n) is 1.32. The van der Waals surface area contributed by atoms with Crippen molar-refractivity contribution in [3.05, 3.63) is 47.5 Å². The van der Waals surface area contributed by atoms with Gasteiger partial charge in [-0.3, -0.25) is 0 Å². The zero-order valence-electron chi connectivity index (χ0n) is 8.63. The maximum absolute atomic E-state index is 13.2. The maximum Gasteiger partial charge on any atom is 0.164 e. The first-order valence-corrected chi connectivity index (χ1v) is 4.78. The quantitative estimate of drug-likeness (QED) is 0.759. The van der Waals surface area contributed by atoms with Crippen LogP contribution in [0.5, 0.6) is 0 Å². The minimum atomic E-state index is -0.975. The number of aliphatic hydroxyl groups is 1. The first-order chi connectivity index (χ1) is 7.02. The van der Waals surface area contributed by atoms with E-state index < -0.39 is 17.7 Å². The number of rotatable bonds is 4. The van der Waals surface area contributed by atoms with E-state index in [4.69, 9.17) is 0 Å². The topological polar surface area (TPSA) is 20.2 Å². The van der Waals surface area contributed by atoms with Crippen LogP contribution >= 0.6 is 0 Å². The molecule has 0 radical (unpaired) electrons. The molecule has 3 heteroatoms. The van der Waals surface area contributed by atoms with E-state index in [1.54, 1.807) is 0 Å². The molecule has 1 nitrogen and oxygen atoms in total. The van der Waals surface area contributed by atoms with Crippen molar-refractivity contribution in [2.75, 3.05) is 0 Å². The highest BCUT2D eigenvalue weighted by Gasteiger charge is 2.15. The molecule has 0 saturated heterocycles. The molecule has 0 aliphatic heterocycles. The zero-order chi connectivity index (χ0) is 11.4. The second-order valence-corrected chi connectivity index (χ2v) is 3.65. The summed E-state index contributed by atoms with van der Waals surface area (Å²) < 4.78 is 26.1. The molecule has 0 amide bonds. The van der Waals surface area contributed by atoms with Crippen molar-refractivity contribution in [1.82, 2.24) is 0 Å². The molecule has 0 bridgehead atoms. The van der Waals surface area contributed by atoms with Crippen LogP contribution in [-0.4, -0.2) is 5.11 Å². The summed E-state index contributed by atoms with van der Waals surface area (Å²) >= 11 is 0. The van der Waals surface area contributed by atoms with Crippen LogP contribution in [0.25, 0.3) is 0 Å². The molecule has 82 valence electrons. The highest BCUT2D eigenvalue weighted by Crippen LogP contribution is 2.23. The minimum absolute atomic E-state index is 0.0104. The number of benzene rings is 1. The number of hydrogen-bond acceptors (Lipinski definition) is 1. The Kier molecular flexibility index (Phi) is 3.97. The lowest BCUT2D eigenvalue weighted by Gasteiger charge is -2.11. The van der Waals surface area contributed by atoms with Crippen LogP contribution in [0, 0.1) is 11.6 Å². The average Bonchev–Trinajstić information content (AvgIpc) is 2.18. The third kappa shape index (κ3) is 3.13. The van der Waals surface area contributed by atoms with Gasteiger partial charge in [0.05, 0.1) is 6.10 Å². The molecule has 1 unspecified atom stereocenters. The first kappa shape index (κ1) is 11.9. The van der Waals surface area contributed by atoms with Crippen LogP contribution in [-0.2, 0) is 0 Å². The molecule has 1 rings (SSSR count). The molecule has 0 heterocycles. The summed E-state index contributed by atoms with van der Waals surface area (Å²) in [4.78, 5) is 0. The van der Waals surface area contributed by atoms with Gasteiger partial charge in [0.1, 0.15) is 0 Å². The zero-order valence-corrected chi connectivity index (χ0v) is 8.63. The van der Waals surface area contributed by atoms with Gasteiger partial charge in [0.25, 0.3) is 0 Å². The molecule has 1 N–H and O–H groups in total. The average molecular weight is 212 g/mol. The van der Waals surface area contributed by atoms with Gasteiger partial charge in [0.2, 0.25) is 0 Å². The normalized spacial score (nSPS) is 12.5. The Labute approximate surface area is 88.1 Å². The predicted molar refractivity (Wildman–Crippen MR) is 55.4 cm³/mol. The Bertz CT molecular complexity index is 361. The summed E-state index contributed by atoms with van der Waals surface area (Å²) in [6.45, 7) is 5.51. The van der Waals surface area contributed by atoms with Crippen molar-refractivity contribution >= 4 is 0 Å². The van der Waals surface area contributed by atoms with Crippen LogP contribution in [0.2, 0.25) is 0 Å². The van der Waals surface area contributed by atoms with E-state index in [9.17, 15) is 13.9 Å². The largest absolute Gasteiger partial charge is 0.388 e.